The van der Waals surface area contributed by atoms with Crippen molar-refractivity contribution in [3.8, 4) is 0 Å². The monoisotopic (exact) mass is 214 g/mol. The molecule has 1 saturated heterocycles. The standard InChI is InChI=1S/C12H26N2O/c1-3-14-8-5-12(6-9-14)11-13-7-4-10-15-2/h12-13H,3-11H2,1-2H3. The first kappa shape index (κ1) is 12.9. The SMILES string of the molecule is CCN1CCC(CNCCCOC)CC1. The molecule has 3 heteroatoms. The number of ether oxygens (including phenoxy) is 1. The lowest BCUT2D eigenvalue weighted by Gasteiger charge is -2.31. The normalized spacial score (nSPS) is 19.6. The highest BCUT2D eigenvalue weighted by molar-refractivity contribution is 4.72. The van der Waals surface area contributed by atoms with Gasteiger partial charge in [0.25, 0.3) is 0 Å². The maximum Gasteiger partial charge on any atom is 0.0474 e. The Labute approximate surface area is 94.2 Å². The second-order valence-electron chi connectivity index (χ2n) is 4.43. The lowest BCUT2D eigenvalue weighted by atomic mass is 9.97. The van der Waals surface area contributed by atoms with Crippen molar-refractivity contribution in [2.24, 2.45) is 5.92 Å². The quantitative estimate of drug-likeness (QED) is 0.647. The predicted molar refractivity (Wildman–Crippen MR) is 64.2 cm³/mol. The van der Waals surface area contributed by atoms with E-state index in [1.54, 1.807) is 7.11 Å². The van der Waals surface area contributed by atoms with Gasteiger partial charge in [-0.25, -0.2) is 0 Å². The van der Waals surface area contributed by atoms with Crippen LogP contribution in [0.4, 0.5) is 0 Å². The van der Waals surface area contributed by atoms with E-state index >= 15 is 0 Å². The van der Waals surface area contributed by atoms with Crippen LogP contribution in [0.3, 0.4) is 0 Å². The summed E-state index contributed by atoms with van der Waals surface area (Å²) in [6, 6.07) is 0. The molecule has 0 unspecified atom stereocenters. The van der Waals surface area contributed by atoms with E-state index in [0.29, 0.717) is 0 Å². The van der Waals surface area contributed by atoms with Crippen molar-refractivity contribution in [2.75, 3.05) is 46.4 Å². The Bertz CT molecular complexity index is 145. The molecule has 0 radical (unpaired) electrons. The van der Waals surface area contributed by atoms with Crippen LogP contribution in [0.5, 0.6) is 0 Å². The third-order valence-electron chi connectivity index (χ3n) is 3.29. The van der Waals surface area contributed by atoms with Gasteiger partial charge in [0.05, 0.1) is 0 Å². The van der Waals surface area contributed by atoms with Gasteiger partial charge in [-0.3, -0.25) is 0 Å². The molecule has 0 spiro atoms. The minimum atomic E-state index is 0.876. The molecule has 0 aromatic rings. The van der Waals surface area contributed by atoms with Crippen molar-refractivity contribution < 1.29 is 4.74 Å². The molecular formula is C12H26N2O. The summed E-state index contributed by atoms with van der Waals surface area (Å²) in [5.74, 6) is 0.898. The fourth-order valence-electron chi connectivity index (χ4n) is 2.15. The second kappa shape index (κ2) is 8.08. The van der Waals surface area contributed by atoms with Crippen molar-refractivity contribution in [1.29, 1.82) is 0 Å². The zero-order valence-electron chi connectivity index (χ0n) is 10.3. The van der Waals surface area contributed by atoms with Crippen LogP contribution in [0.1, 0.15) is 26.2 Å². The van der Waals surface area contributed by atoms with Crippen molar-refractivity contribution in [2.45, 2.75) is 26.2 Å². The maximum atomic E-state index is 5.02. The van der Waals surface area contributed by atoms with Crippen LogP contribution < -0.4 is 5.32 Å². The van der Waals surface area contributed by atoms with Gasteiger partial charge in [-0.1, -0.05) is 6.92 Å². The van der Waals surface area contributed by atoms with E-state index in [-0.39, 0.29) is 0 Å². The van der Waals surface area contributed by atoms with E-state index in [1.807, 2.05) is 0 Å². The Morgan fingerprint density at radius 2 is 2.07 bits per heavy atom. The van der Waals surface area contributed by atoms with Gasteiger partial charge in [-0.05, 0) is 57.9 Å². The van der Waals surface area contributed by atoms with Crippen LogP contribution in [0.15, 0.2) is 0 Å². The molecule has 1 heterocycles. The molecule has 0 aromatic carbocycles. The number of likely N-dealkylation sites (tertiary alicyclic amines) is 1. The van der Waals surface area contributed by atoms with Gasteiger partial charge < -0.3 is 15.0 Å². The highest BCUT2D eigenvalue weighted by Gasteiger charge is 2.16. The molecule has 1 aliphatic heterocycles. The molecule has 0 aliphatic carbocycles. The largest absolute Gasteiger partial charge is 0.385 e. The van der Waals surface area contributed by atoms with Gasteiger partial charge in [-0.15, -0.1) is 0 Å². The van der Waals surface area contributed by atoms with E-state index < -0.39 is 0 Å². The molecule has 1 rings (SSSR count). The summed E-state index contributed by atoms with van der Waals surface area (Å²) in [7, 11) is 1.76. The van der Waals surface area contributed by atoms with Crippen molar-refractivity contribution in [3.63, 3.8) is 0 Å². The molecule has 15 heavy (non-hydrogen) atoms. The Morgan fingerprint density at radius 3 is 2.67 bits per heavy atom. The average molecular weight is 214 g/mol. The molecular weight excluding hydrogens is 188 g/mol. The summed E-state index contributed by atoms with van der Waals surface area (Å²) < 4.78 is 5.02. The summed E-state index contributed by atoms with van der Waals surface area (Å²) in [5, 5.41) is 3.52. The minimum Gasteiger partial charge on any atom is -0.385 e. The number of piperidine rings is 1. The van der Waals surface area contributed by atoms with E-state index in [4.69, 9.17) is 4.74 Å². The highest BCUT2D eigenvalue weighted by Crippen LogP contribution is 2.15. The van der Waals surface area contributed by atoms with Crippen LogP contribution in [-0.2, 0) is 4.74 Å². The Balaban J connectivity index is 1.94. The molecule has 1 aliphatic rings. The zero-order valence-corrected chi connectivity index (χ0v) is 10.3. The van der Waals surface area contributed by atoms with Crippen LogP contribution in [0.2, 0.25) is 0 Å². The van der Waals surface area contributed by atoms with E-state index in [0.717, 1.165) is 25.5 Å². The summed E-state index contributed by atoms with van der Waals surface area (Å²) in [6.07, 6.45) is 3.86. The van der Waals surface area contributed by atoms with E-state index in [2.05, 4.69) is 17.1 Å². The van der Waals surface area contributed by atoms with Crippen LogP contribution in [0, 0.1) is 5.92 Å². The minimum absolute atomic E-state index is 0.876. The van der Waals surface area contributed by atoms with E-state index in [9.17, 15) is 0 Å². The summed E-state index contributed by atoms with van der Waals surface area (Å²) in [4.78, 5) is 2.54. The van der Waals surface area contributed by atoms with Crippen LogP contribution in [0.25, 0.3) is 0 Å². The lowest BCUT2D eigenvalue weighted by Crippen LogP contribution is -2.37. The third kappa shape index (κ3) is 5.50. The van der Waals surface area contributed by atoms with Gasteiger partial charge >= 0.3 is 0 Å². The molecule has 3 nitrogen and oxygen atoms in total. The molecule has 0 saturated carbocycles. The number of hydrogen-bond acceptors (Lipinski definition) is 3. The zero-order chi connectivity index (χ0) is 10.9. The topological polar surface area (TPSA) is 24.5 Å². The number of nitrogens with zero attached hydrogens (tertiary/aromatic N) is 1. The molecule has 0 bridgehead atoms. The summed E-state index contributed by atoms with van der Waals surface area (Å²) in [6.45, 7) is 9.23. The first-order valence-corrected chi connectivity index (χ1v) is 6.28. The number of hydrogen-bond donors (Lipinski definition) is 1. The van der Waals surface area contributed by atoms with E-state index in [1.165, 1.54) is 39.0 Å². The van der Waals surface area contributed by atoms with Gasteiger partial charge in [0.15, 0.2) is 0 Å². The Hall–Kier alpha value is -0.120. The first-order chi connectivity index (χ1) is 7.36. The van der Waals surface area contributed by atoms with Gasteiger partial charge in [0.2, 0.25) is 0 Å². The van der Waals surface area contributed by atoms with Crippen LogP contribution >= 0.6 is 0 Å². The second-order valence-corrected chi connectivity index (χ2v) is 4.43. The van der Waals surface area contributed by atoms with Gasteiger partial charge in [0.1, 0.15) is 0 Å². The fourth-order valence-corrected chi connectivity index (χ4v) is 2.15. The number of rotatable bonds is 7. The number of nitrogens with one attached hydrogen (secondary N) is 1. The Morgan fingerprint density at radius 1 is 1.33 bits per heavy atom. The van der Waals surface area contributed by atoms with Crippen molar-refractivity contribution >= 4 is 0 Å². The smallest absolute Gasteiger partial charge is 0.0474 e. The predicted octanol–water partition coefficient (Wildman–Crippen LogP) is 1.34. The fraction of sp³-hybridized carbons (Fsp3) is 1.00. The Kier molecular flexibility index (Phi) is 6.98. The average Bonchev–Trinajstić information content (AvgIpc) is 2.30. The molecule has 0 amide bonds. The lowest BCUT2D eigenvalue weighted by molar-refractivity contribution is 0.182. The van der Waals surface area contributed by atoms with Crippen molar-refractivity contribution in [3.05, 3.63) is 0 Å². The van der Waals surface area contributed by atoms with Crippen molar-refractivity contribution in [1.82, 2.24) is 10.2 Å². The third-order valence-corrected chi connectivity index (χ3v) is 3.29. The summed E-state index contributed by atoms with van der Waals surface area (Å²) >= 11 is 0. The molecule has 1 fully saturated rings. The maximum absolute atomic E-state index is 5.02. The van der Waals surface area contributed by atoms with Gasteiger partial charge in [0, 0.05) is 13.7 Å². The van der Waals surface area contributed by atoms with Crippen LogP contribution in [-0.4, -0.2) is 51.3 Å². The molecule has 90 valence electrons. The summed E-state index contributed by atoms with van der Waals surface area (Å²) in [5.41, 5.74) is 0. The molecule has 0 aromatic heterocycles. The first-order valence-electron chi connectivity index (χ1n) is 6.28. The van der Waals surface area contributed by atoms with Gasteiger partial charge in [-0.2, -0.15) is 0 Å². The molecule has 0 atom stereocenters. The molecule has 1 N–H and O–H groups in total. The number of methoxy groups -OCH3 is 1. The highest BCUT2D eigenvalue weighted by atomic mass is 16.5.